The number of amides is 1. The molecule has 0 fully saturated rings. The third-order valence-corrected chi connectivity index (χ3v) is 3.75. The second-order valence-corrected chi connectivity index (χ2v) is 6.08. The SMILES string of the molecule is COc1ccccc1[C@@H]1CC(=O)NC(C)=C1C(=O)OCC(C)C. The topological polar surface area (TPSA) is 64.6 Å². The van der Waals surface area contributed by atoms with Gasteiger partial charge in [-0.1, -0.05) is 32.0 Å². The van der Waals surface area contributed by atoms with Gasteiger partial charge in [-0.2, -0.15) is 0 Å². The highest BCUT2D eigenvalue weighted by atomic mass is 16.5. The Bertz CT molecular complexity index is 634. The summed E-state index contributed by atoms with van der Waals surface area (Å²) in [6.45, 7) is 6.04. The summed E-state index contributed by atoms with van der Waals surface area (Å²) < 4.78 is 10.8. The summed E-state index contributed by atoms with van der Waals surface area (Å²) in [7, 11) is 1.58. The number of carbonyl (C=O) groups excluding carboxylic acids is 2. The molecule has 0 saturated carbocycles. The molecule has 1 amide bonds. The van der Waals surface area contributed by atoms with Gasteiger partial charge < -0.3 is 14.8 Å². The van der Waals surface area contributed by atoms with Gasteiger partial charge in [-0.05, 0) is 18.9 Å². The number of esters is 1. The third-order valence-electron chi connectivity index (χ3n) is 3.75. The molecular weight excluding hydrogens is 294 g/mol. The van der Waals surface area contributed by atoms with Gasteiger partial charge in [-0.3, -0.25) is 4.79 Å². The van der Waals surface area contributed by atoms with Gasteiger partial charge in [0.05, 0.1) is 19.3 Å². The van der Waals surface area contributed by atoms with Crippen molar-refractivity contribution < 1.29 is 19.1 Å². The molecule has 1 heterocycles. The first kappa shape index (κ1) is 17.1. The number of allylic oxidation sites excluding steroid dienone is 1. The van der Waals surface area contributed by atoms with Crippen molar-refractivity contribution in [2.75, 3.05) is 13.7 Å². The van der Waals surface area contributed by atoms with E-state index in [1.807, 2.05) is 38.1 Å². The zero-order valence-corrected chi connectivity index (χ0v) is 14.0. The predicted octanol–water partition coefficient (Wildman–Crippen LogP) is 2.77. The summed E-state index contributed by atoms with van der Waals surface area (Å²) in [6.07, 6.45) is 0.198. The average Bonchev–Trinajstić information content (AvgIpc) is 2.51. The summed E-state index contributed by atoms with van der Waals surface area (Å²) in [5.41, 5.74) is 1.86. The number of para-hydroxylation sites is 1. The van der Waals surface area contributed by atoms with E-state index in [0.29, 0.717) is 23.6 Å². The molecule has 0 saturated heterocycles. The molecular formula is C18H23NO4. The van der Waals surface area contributed by atoms with Gasteiger partial charge in [-0.15, -0.1) is 0 Å². The zero-order valence-electron chi connectivity index (χ0n) is 14.0. The second-order valence-electron chi connectivity index (χ2n) is 6.08. The Balaban J connectivity index is 2.40. The molecule has 1 N–H and O–H groups in total. The van der Waals surface area contributed by atoms with Gasteiger partial charge >= 0.3 is 5.97 Å². The number of hydrogen-bond acceptors (Lipinski definition) is 4. The van der Waals surface area contributed by atoms with Crippen molar-refractivity contribution in [1.82, 2.24) is 5.32 Å². The van der Waals surface area contributed by atoms with Gasteiger partial charge in [0.15, 0.2) is 0 Å². The van der Waals surface area contributed by atoms with E-state index in [2.05, 4.69) is 5.32 Å². The molecule has 0 spiro atoms. The lowest BCUT2D eigenvalue weighted by Crippen LogP contribution is -2.34. The molecule has 1 atom stereocenters. The molecule has 124 valence electrons. The van der Waals surface area contributed by atoms with E-state index in [4.69, 9.17) is 9.47 Å². The van der Waals surface area contributed by atoms with Crippen LogP contribution in [0, 0.1) is 5.92 Å². The number of benzene rings is 1. The third kappa shape index (κ3) is 3.92. The fraction of sp³-hybridized carbons (Fsp3) is 0.444. The fourth-order valence-corrected chi connectivity index (χ4v) is 2.71. The van der Waals surface area contributed by atoms with Crippen molar-refractivity contribution in [2.45, 2.75) is 33.1 Å². The van der Waals surface area contributed by atoms with Gasteiger partial charge in [0, 0.05) is 23.6 Å². The number of carbonyl (C=O) groups is 2. The molecule has 1 aliphatic heterocycles. The van der Waals surface area contributed by atoms with E-state index in [-0.39, 0.29) is 30.1 Å². The molecule has 0 aliphatic carbocycles. The Morgan fingerprint density at radius 1 is 1.35 bits per heavy atom. The summed E-state index contributed by atoms with van der Waals surface area (Å²) in [5.74, 6) is 0.0578. The van der Waals surface area contributed by atoms with Crippen molar-refractivity contribution in [3.05, 3.63) is 41.1 Å². The lowest BCUT2D eigenvalue weighted by molar-refractivity contribution is -0.140. The number of rotatable bonds is 5. The van der Waals surface area contributed by atoms with Crippen LogP contribution >= 0.6 is 0 Å². The van der Waals surface area contributed by atoms with Crippen LogP contribution in [0.5, 0.6) is 5.75 Å². The average molecular weight is 317 g/mol. The van der Waals surface area contributed by atoms with E-state index < -0.39 is 0 Å². The fourth-order valence-electron chi connectivity index (χ4n) is 2.71. The zero-order chi connectivity index (χ0) is 17.0. The molecule has 0 unspecified atom stereocenters. The number of ether oxygens (including phenoxy) is 2. The molecule has 5 nitrogen and oxygen atoms in total. The molecule has 23 heavy (non-hydrogen) atoms. The maximum Gasteiger partial charge on any atom is 0.336 e. The number of hydrogen-bond donors (Lipinski definition) is 1. The highest BCUT2D eigenvalue weighted by Crippen LogP contribution is 2.38. The summed E-state index contributed by atoms with van der Waals surface area (Å²) >= 11 is 0. The Hall–Kier alpha value is -2.30. The first-order valence-corrected chi connectivity index (χ1v) is 7.74. The Morgan fingerprint density at radius 3 is 2.70 bits per heavy atom. The Morgan fingerprint density at radius 2 is 2.04 bits per heavy atom. The van der Waals surface area contributed by atoms with E-state index >= 15 is 0 Å². The normalized spacial score (nSPS) is 18.0. The second kappa shape index (κ2) is 7.31. The summed E-state index contributed by atoms with van der Waals surface area (Å²) in [4.78, 5) is 24.5. The lowest BCUT2D eigenvalue weighted by atomic mass is 9.84. The van der Waals surface area contributed by atoms with Crippen LogP contribution in [-0.4, -0.2) is 25.6 Å². The number of methoxy groups -OCH3 is 1. The standard InChI is InChI=1S/C18H23NO4/c1-11(2)10-23-18(21)17-12(3)19-16(20)9-14(17)13-7-5-6-8-15(13)22-4/h5-8,11,14H,9-10H2,1-4H3,(H,19,20)/t14-/m0/s1. The summed E-state index contributed by atoms with van der Waals surface area (Å²) in [5, 5.41) is 2.73. The van der Waals surface area contributed by atoms with E-state index in [0.717, 1.165) is 5.56 Å². The van der Waals surface area contributed by atoms with E-state index in [9.17, 15) is 9.59 Å². The van der Waals surface area contributed by atoms with Crippen molar-refractivity contribution in [2.24, 2.45) is 5.92 Å². The van der Waals surface area contributed by atoms with Gasteiger partial charge in [0.1, 0.15) is 5.75 Å². The smallest absolute Gasteiger partial charge is 0.336 e. The molecule has 2 rings (SSSR count). The molecule has 0 radical (unpaired) electrons. The van der Waals surface area contributed by atoms with Crippen LogP contribution in [0.3, 0.4) is 0 Å². The molecule has 1 aliphatic rings. The maximum atomic E-state index is 12.5. The first-order chi connectivity index (χ1) is 10.9. The quantitative estimate of drug-likeness (QED) is 0.848. The highest BCUT2D eigenvalue weighted by Gasteiger charge is 2.34. The maximum absolute atomic E-state index is 12.5. The van der Waals surface area contributed by atoms with Gasteiger partial charge in [0.25, 0.3) is 0 Å². The van der Waals surface area contributed by atoms with Gasteiger partial charge in [0.2, 0.25) is 5.91 Å². The minimum atomic E-state index is -0.382. The molecule has 0 bridgehead atoms. The van der Waals surface area contributed by atoms with Crippen LogP contribution in [0.4, 0.5) is 0 Å². The summed E-state index contributed by atoms with van der Waals surface area (Å²) in [6, 6.07) is 7.44. The molecule has 5 heteroatoms. The molecule has 0 aromatic heterocycles. The van der Waals surface area contributed by atoms with Gasteiger partial charge in [-0.25, -0.2) is 4.79 Å². The van der Waals surface area contributed by atoms with Crippen LogP contribution in [-0.2, 0) is 14.3 Å². The van der Waals surface area contributed by atoms with Crippen molar-refractivity contribution in [1.29, 1.82) is 0 Å². The first-order valence-electron chi connectivity index (χ1n) is 7.74. The predicted molar refractivity (Wildman–Crippen MR) is 87.0 cm³/mol. The van der Waals surface area contributed by atoms with Crippen molar-refractivity contribution in [3.8, 4) is 5.75 Å². The molecule has 1 aromatic rings. The Kier molecular flexibility index (Phi) is 5.42. The minimum Gasteiger partial charge on any atom is -0.496 e. The molecule has 1 aromatic carbocycles. The van der Waals surface area contributed by atoms with Crippen molar-refractivity contribution >= 4 is 11.9 Å². The Labute approximate surface area is 136 Å². The monoisotopic (exact) mass is 317 g/mol. The lowest BCUT2D eigenvalue weighted by Gasteiger charge is -2.27. The van der Waals surface area contributed by atoms with Crippen molar-refractivity contribution in [3.63, 3.8) is 0 Å². The largest absolute Gasteiger partial charge is 0.496 e. The van der Waals surface area contributed by atoms with Crippen LogP contribution in [0.25, 0.3) is 0 Å². The minimum absolute atomic E-state index is 0.112. The van der Waals surface area contributed by atoms with E-state index in [1.54, 1.807) is 14.0 Å². The van der Waals surface area contributed by atoms with Crippen LogP contribution in [0.2, 0.25) is 0 Å². The van der Waals surface area contributed by atoms with Crippen LogP contribution < -0.4 is 10.1 Å². The highest BCUT2D eigenvalue weighted by molar-refractivity contribution is 5.96. The van der Waals surface area contributed by atoms with Crippen LogP contribution in [0.1, 0.15) is 38.7 Å². The van der Waals surface area contributed by atoms with E-state index in [1.165, 1.54) is 0 Å². The van der Waals surface area contributed by atoms with Crippen LogP contribution in [0.15, 0.2) is 35.5 Å². The number of nitrogens with one attached hydrogen (secondary N) is 1.